The average molecular weight is 207 g/mol. The maximum Gasteiger partial charge on any atom is 0.221 e. The number of rotatable bonds is 1. The van der Waals surface area contributed by atoms with Gasteiger partial charge in [-0.25, -0.2) is 4.98 Å². The Bertz CT molecular complexity index is 330. The lowest BCUT2D eigenvalue weighted by atomic mass is 10.1. The van der Waals surface area contributed by atoms with Crippen LogP contribution < -0.4 is 16.0 Å². The molecule has 0 aromatic carbocycles. The number of nitrogens with two attached hydrogens (primary N) is 1. The number of anilines is 2. The third kappa shape index (κ3) is 2.36. The second kappa shape index (κ2) is 4.02. The van der Waals surface area contributed by atoms with Gasteiger partial charge in [0.05, 0.1) is 0 Å². The molecule has 0 bridgehead atoms. The molecule has 15 heavy (non-hydrogen) atoms. The Morgan fingerprint density at radius 1 is 1.40 bits per heavy atom. The summed E-state index contributed by atoms with van der Waals surface area (Å²) in [6.07, 6.45) is 1.70. The highest BCUT2D eigenvalue weighted by atomic mass is 15.3. The Balaban J connectivity index is 2.16. The van der Waals surface area contributed by atoms with Gasteiger partial charge >= 0.3 is 0 Å². The lowest BCUT2D eigenvalue weighted by Gasteiger charge is -2.36. The van der Waals surface area contributed by atoms with Crippen LogP contribution in [0.5, 0.6) is 0 Å². The monoisotopic (exact) mass is 207 g/mol. The van der Waals surface area contributed by atoms with Crippen LogP contribution in [-0.2, 0) is 0 Å². The van der Waals surface area contributed by atoms with Crippen LogP contribution in [0.4, 0.5) is 11.8 Å². The molecule has 2 rings (SSSR count). The van der Waals surface area contributed by atoms with Gasteiger partial charge in [0.2, 0.25) is 5.95 Å². The van der Waals surface area contributed by atoms with Gasteiger partial charge in [0.25, 0.3) is 0 Å². The van der Waals surface area contributed by atoms with E-state index in [0.29, 0.717) is 18.0 Å². The van der Waals surface area contributed by atoms with Crippen molar-refractivity contribution in [2.45, 2.75) is 25.9 Å². The van der Waals surface area contributed by atoms with Gasteiger partial charge < -0.3 is 16.0 Å². The fourth-order valence-corrected chi connectivity index (χ4v) is 2.05. The zero-order valence-corrected chi connectivity index (χ0v) is 9.14. The second-order valence-corrected chi connectivity index (χ2v) is 4.15. The van der Waals surface area contributed by atoms with E-state index in [4.69, 9.17) is 5.73 Å². The van der Waals surface area contributed by atoms with Crippen LogP contribution in [0.3, 0.4) is 0 Å². The minimum Gasteiger partial charge on any atom is -0.368 e. The molecule has 2 unspecified atom stereocenters. The number of nitrogen functional groups attached to an aromatic ring is 1. The van der Waals surface area contributed by atoms with Crippen molar-refractivity contribution < 1.29 is 0 Å². The molecule has 3 N–H and O–H groups in total. The van der Waals surface area contributed by atoms with Crippen molar-refractivity contribution in [3.63, 3.8) is 0 Å². The van der Waals surface area contributed by atoms with E-state index in [-0.39, 0.29) is 0 Å². The summed E-state index contributed by atoms with van der Waals surface area (Å²) in [6, 6.07) is 2.86. The molecule has 5 heteroatoms. The smallest absolute Gasteiger partial charge is 0.221 e. The molecule has 2 heterocycles. The SMILES string of the molecule is CC1CN(c2ccnc(N)n2)CC(C)N1. The first-order valence-corrected chi connectivity index (χ1v) is 5.24. The van der Waals surface area contributed by atoms with Crippen molar-refractivity contribution >= 4 is 11.8 Å². The van der Waals surface area contributed by atoms with Crippen LogP contribution in [-0.4, -0.2) is 35.1 Å². The van der Waals surface area contributed by atoms with E-state index in [9.17, 15) is 0 Å². The van der Waals surface area contributed by atoms with Crippen molar-refractivity contribution in [3.8, 4) is 0 Å². The number of aromatic nitrogens is 2. The summed E-state index contributed by atoms with van der Waals surface area (Å²) in [7, 11) is 0. The Kier molecular flexibility index (Phi) is 2.73. The molecule has 0 aliphatic carbocycles. The van der Waals surface area contributed by atoms with Gasteiger partial charge in [-0.3, -0.25) is 0 Å². The summed E-state index contributed by atoms with van der Waals surface area (Å²) in [5, 5.41) is 3.48. The van der Waals surface area contributed by atoms with Crippen molar-refractivity contribution in [3.05, 3.63) is 12.3 Å². The summed E-state index contributed by atoms with van der Waals surface area (Å²) in [4.78, 5) is 10.4. The first kappa shape index (κ1) is 10.2. The summed E-state index contributed by atoms with van der Waals surface area (Å²) < 4.78 is 0. The van der Waals surface area contributed by atoms with Crippen LogP contribution in [0.1, 0.15) is 13.8 Å². The summed E-state index contributed by atoms with van der Waals surface area (Å²) in [5.74, 6) is 1.26. The van der Waals surface area contributed by atoms with Crippen LogP contribution in [0, 0.1) is 0 Å². The highest BCUT2D eigenvalue weighted by molar-refractivity contribution is 5.41. The highest BCUT2D eigenvalue weighted by Gasteiger charge is 2.21. The van der Waals surface area contributed by atoms with Crippen LogP contribution >= 0.6 is 0 Å². The van der Waals surface area contributed by atoms with Gasteiger partial charge in [-0.05, 0) is 19.9 Å². The van der Waals surface area contributed by atoms with Crippen LogP contribution in [0.2, 0.25) is 0 Å². The van der Waals surface area contributed by atoms with Crippen molar-refractivity contribution in [2.24, 2.45) is 0 Å². The van der Waals surface area contributed by atoms with Gasteiger partial charge in [0, 0.05) is 31.4 Å². The van der Waals surface area contributed by atoms with E-state index in [1.54, 1.807) is 6.20 Å². The summed E-state index contributed by atoms with van der Waals surface area (Å²) in [5.41, 5.74) is 5.57. The molecular weight excluding hydrogens is 190 g/mol. The standard InChI is InChI=1S/C10H17N5/c1-7-5-15(6-8(2)13-7)9-3-4-12-10(11)14-9/h3-4,7-8,13H,5-6H2,1-2H3,(H2,11,12,14). The molecule has 0 amide bonds. The number of hydrogen-bond donors (Lipinski definition) is 2. The fraction of sp³-hybridized carbons (Fsp3) is 0.600. The molecule has 1 fully saturated rings. The van der Waals surface area contributed by atoms with E-state index < -0.39 is 0 Å². The fourth-order valence-electron chi connectivity index (χ4n) is 2.05. The Morgan fingerprint density at radius 2 is 2.07 bits per heavy atom. The molecule has 2 atom stereocenters. The highest BCUT2D eigenvalue weighted by Crippen LogP contribution is 2.14. The number of hydrogen-bond acceptors (Lipinski definition) is 5. The summed E-state index contributed by atoms with van der Waals surface area (Å²) in [6.45, 7) is 6.27. The van der Waals surface area contributed by atoms with E-state index in [1.165, 1.54) is 0 Å². The third-order valence-electron chi connectivity index (χ3n) is 2.54. The van der Waals surface area contributed by atoms with Crippen molar-refractivity contribution in [1.29, 1.82) is 0 Å². The zero-order valence-electron chi connectivity index (χ0n) is 9.14. The Labute approximate surface area is 89.7 Å². The van der Waals surface area contributed by atoms with Crippen LogP contribution in [0.15, 0.2) is 12.3 Å². The van der Waals surface area contributed by atoms with E-state index in [2.05, 4.69) is 34.0 Å². The molecule has 1 aromatic heterocycles. The molecule has 1 aliphatic heterocycles. The quantitative estimate of drug-likeness (QED) is 0.690. The van der Waals surface area contributed by atoms with Gasteiger partial charge in [-0.1, -0.05) is 0 Å². The largest absolute Gasteiger partial charge is 0.368 e. The molecule has 1 aromatic rings. The van der Waals surface area contributed by atoms with Gasteiger partial charge in [-0.2, -0.15) is 4.98 Å². The molecule has 82 valence electrons. The molecule has 0 saturated carbocycles. The molecule has 1 saturated heterocycles. The zero-order chi connectivity index (χ0) is 10.8. The number of piperazine rings is 1. The van der Waals surface area contributed by atoms with E-state index in [1.807, 2.05) is 6.07 Å². The van der Waals surface area contributed by atoms with Gasteiger partial charge in [0.15, 0.2) is 0 Å². The predicted octanol–water partition coefficient (Wildman–Crippen LogP) is 0.245. The average Bonchev–Trinajstić information content (AvgIpc) is 2.16. The van der Waals surface area contributed by atoms with Crippen molar-refractivity contribution in [2.75, 3.05) is 23.7 Å². The van der Waals surface area contributed by atoms with Gasteiger partial charge in [0.1, 0.15) is 5.82 Å². The number of nitrogens with zero attached hydrogens (tertiary/aromatic N) is 3. The summed E-state index contributed by atoms with van der Waals surface area (Å²) >= 11 is 0. The molecule has 1 aliphatic rings. The van der Waals surface area contributed by atoms with E-state index in [0.717, 1.165) is 18.9 Å². The normalized spacial score (nSPS) is 26.7. The second-order valence-electron chi connectivity index (χ2n) is 4.15. The number of nitrogens with one attached hydrogen (secondary N) is 1. The maximum atomic E-state index is 5.57. The molecule has 0 radical (unpaired) electrons. The lowest BCUT2D eigenvalue weighted by molar-refractivity contribution is 0.405. The first-order chi connectivity index (χ1) is 7.15. The third-order valence-corrected chi connectivity index (χ3v) is 2.54. The Hall–Kier alpha value is -1.36. The first-order valence-electron chi connectivity index (χ1n) is 5.24. The maximum absolute atomic E-state index is 5.57. The topological polar surface area (TPSA) is 67.1 Å². The molecule has 0 spiro atoms. The molecular formula is C10H17N5. The minimum atomic E-state index is 0.339. The van der Waals surface area contributed by atoms with E-state index >= 15 is 0 Å². The predicted molar refractivity (Wildman–Crippen MR) is 60.7 cm³/mol. The molecule has 5 nitrogen and oxygen atoms in total. The Morgan fingerprint density at radius 3 is 2.67 bits per heavy atom. The van der Waals surface area contributed by atoms with Crippen LogP contribution in [0.25, 0.3) is 0 Å². The van der Waals surface area contributed by atoms with Crippen molar-refractivity contribution in [1.82, 2.24) is 15.3 Å². The lowest BCUT2D eigenvalue weighted by Crippen LogP contribution is -2.54. The van der Waals surface area contributed by atoms with Gasteiger partial charge in [-0.15, -0.1) is 0 Å². The minimum absolute atomic E-state index is 0.339.